The maximum Gasteiger partial charge on any atom is 0.255 e. The monoisotopic (exact) mass is 579 g/mol. The molecule has 2 heterocycles. The Balaban J connectivity index is 1.08. The predicted octanol–water partition coefficient (Wildman–Crippen LogP) is 7.09. The maximum absolute atomic E-state index is 13.9. The van der Waals surface area contributed by atoms with Gasteiger partial charge in [0.2, 0.25) is 5.91 Å². The number of hydrogen-bond acceptors (Lipinski definition) is 8. The molecule has 3 aromatic carbocycles. The molecule has 3 unspecified atom stereocenters. The van der Waals surface area contributed by atoms with Crippen LogP contribution in [0.5, 0.6) is 0 Å². The van der Waals surface area contributed by atoms with Crippen LogP contribution >= 0.6 is 11.3 Å². The van der Waals surface area contributed by atoms with Crippen molar-refractivity contribution in [2.75, 3.05) is 23.8 Å². The van der Waals surface area contributed by atoms with E-state index in [-0.39, 0.29) is 23.7 Å². The first kappa shape index (κ1) is 26.6. The number of carbonyl (C=O) groups excluding carboxylic acids is 2. The average molecular weight is 580 g/mol. The maximum atomic E-state index is 13.9. The number of aromatic nitrogens is 1. The first-order chi connectivity index (χ1) is 20.4. The van der Waals surface area contributed by atoms with E-state index in [1.165, 1.54) is 22.5 Å². The van der Waals surface area contributed by atoms with Crippen molar-refractivity contribution in [2.45, 2.75) is 37.4 Å². The number of anilines is 2. The fourth-order valence-electron chi connectivity index (χ4n) is 6.71. The van der Waals surface area contributed by atoms with Crippen LogP contribution in [-0.4, -0.2) is 35.8 Å². The van der Waals surface area contributed by atoms with Crippen molar-refractivity contribution in [3.8, 4) is 11.3 Å². The van der Waals surface area contributed by atoms with Crippen molar-refractivity contribution in [1.29, 1.82) is 5.53 Å². The number of fused-ring (bicyclic) bond motifs is 1. The van der Waals surface area contributed by atoms with Crippen LogP contribution in [0.3, 0.4) is 0 Å². The van der Waals surface area contributed by atoms with Crippen molar-refractivity contribution in [3.05, 3.63) is 94.9 Å². The van der Waals surface area contributed by atoms with Crippen molar-refractivity contribution in [2.24, 2.45) is 10.5 Å². The topological polar surface area (TPSA) is 126 Å². The van der Waals surface area contributed by atoms with E-state index in [2.05, 4.69) is 27.9 Å². The SMILES string of the molecule is CC1(C(=O)Nc2nc(-c3cccc(C(=O)Nc4ccc(N=N)cc4)c3)cs2)CC2c3ccccc3C1CC21OCCO1. The van der Waals surface area contributed by atoms with Gasteiger partial charge >= 0.3 is 0 Å². The van der Waals surface area contributed by atoms with Gasteiger partial charge in [-0.15, -0.1) is 11.3 Å². The van der Waals surface area contributed by atoms with E-state index in [0.717, 1.165) is 5.56 Å². The Morgan fingerprint density at radius 3 is 2.43 bits per heavy atom. The molecule has 1 aromatic heterocycles. The average Bonchev–Trinajstić information content (AvgIpc) is 3.69. The Morgan fingerprint density at radius 2 is 1.69 bits per heavy atom. The van der Waals surface area contributed by atoms with Gasteiger partial charge in [-0.1, -0.05) is 43.3 Å². The molecule has 0 radical (unpaired) electrons. The summed E-state index contributed by atoms with van der Waals surface area (Å²) in [5.74, 6) is -1.01. The highest BCUT2D eigenvalue weighted by Gasteiger charge is 2.63. The summed E-state index contributed by atoms with van der Waals surface area (Å²) in [6.07, 6.45) is 1.29. The van der Waals surface area contributed by atoms with E-state index in [0.29, 0.717) is 53.8 Å². The summed E-state index contributed by atoms with van der Waals surface area (Å²) in [6.45, 7) is 3.20. The molecule has 42 heavy (non-hydrogen) atoms. The van der Waals surface area contributed by atoms with E-state index in [9.17, 15) is 9.59 Å². The molecule has 4 aromatic rings. The van der Waals surface area contributed by atoms with Gasteiger partial charge in [0.1, 0.15) is 0 Å². The molecule has 3 atom stereocenters. The van der Waals surface area contributed by atoms with Crippen LogP contribution in [0.25, 0.3) is 11.3 Å². The molecule has 2 bridgehead atoms. The smallest absolute Gasteiger partial charge is 0.255 e. The van der Waals surface area contributed by atoms with E-state index in [1.54, 1.807) is 36.4 Å². The summed E-state index contributed by atoms with van der Waals surface area (Å²) >= 11 is 1.36. The Bertz CT molecular complexity index is 1700. The van der Waals surface area contributed by atoms with Crippen LogP contribution in [0.2, 0.25) is 0 Å². The third-order valence-electron chi connectivity index (χ3n) is 8.86. The second-order valence-corrected chi connectivity index (χ2v) is 12.1. The number of nitrogens with one attached hydrogen (secondary N) is 3. The molecular weight excluding hydrogens is 550 g/mol. The minimum absolute atomic E-state index is 0.0108. The molecule has 2 fully saturated rings. The second kappa shape index (κ2) is 10.2. The Morgan fingerprint density at radius 1 is 0.952 bits per heavy atom. The summed E-state index contributed by atoms with van der Waals surface area (Å²) in [4.78, 5) is 31.5. The van der Waals surface area contributed by atoms with Crippen molar-refractivity contribution < 1.29 is 19.1 Å². The van der Waals surface area contributed by atoms with Gasteiger partial charge in [-0.05, 0) is 53.9 Å². The largest absolute Gasteiger partial charge is 0.347 e. The molecule has 1 saturated heterocycles. The summed E-state index contributed by atoms with van der Waals surface area (Å²) in [5, 5.41) is 11.7. The lowest BCUT2D eigenvalue weighted by Gasteiger charge is -2.56. The Labute approximate surface area is 246 Å². The normalized spacial score (nSPS) is 23.4. The molecule has 212 valence electrons. The molecule has 2 amide bonds. The van der Waals surface area contributed by atoms with E-state index in [1.807, 2.05) is 36.6 Å². The van der Waals surface area contributed by atoms with Gasteiger partial charge in [0.25, 0.3) is 5.91 Å². The molecule has 9 nitrogen and oxygen atoms in total. The first-order valence-electron chi connectivity index (χ1n) is 13.9. The fourth-order valence-corrected chi connectivity index (χ4v) is 7.42. The number of nitrogens with zero attached hydrogens (tertiary/aromatic N) is 2. The van der Waals surface area contributed by atoms with Crippen LogP contribution in [0.15, 0.2) is 83.3 Å². The molecule has 1 aliphatic heterocycles. The van der Waals surface area contributed by atoms with Crippen LogP contribution < -0.4 is 10.6 Å². The highest BCUT2D eigenvalue weighted by Crippen LogP contribution is 2.64. The fraction of sp³-hybridized carbons (Fsp3) is 0.281. The minimum atomic E-state index is -0.647. The lowest BCUT2D eigenvalue weighted by molar-refractivity contribution is -0.216. The molecular formula is C32H29N5O4S. The quantitative estimate of drug-likeness (QED) is 0.210. The Hall–Kier alpha value is -4.25. The summed E-state index contributed by atoms with van der Waals surface area (Å²) in [5.41, 5.74) is 11.9. The molecule has 4 aliphatic rings. The number of thiazole rings is 1. The second-order valence-electron chi connectivity index (χ2n) is 11.3. The summed E-state index contributed by atoms with van der Waals surface area (Å²) in [6, 6.07) is 22.3. The zero-order valence-corrected chi connectivity index (χ0v) is 23.7. The van der Waals surface area contributed by atoms with E-state index >= 15 is 0 Å². The van der Waals surface area contributed by atoms with Gasteiger partial charge in [-0.2, -0.15) is 5.11 Å². The van der Waals surface area contributed by atoms with Gasteiger partial charge in [-0.3, -0.25) is 9.59 Å². The first-order valence-corrected chi connectivity index (χ1v) is 14.8. The zero-order valence-electron chi connectivity index (χ0n) is 22.9. The number of hydrogen-bond donors (Lipinski definition) is 3. The Kier molecular flexibility index (Phi) is 6.49. The third-order valence-corrected chi connectivity index (χ3v) is 9.62. The van der Waals surface area contributed by atoms with Crippen LogP contribution in [-0.2, 0) is 14.3 Å². The van der Waals surface area contributed by atoms with Crippen molar-refractivity contribution in [1.82, 2.24) is 4.98 Å². The van der Waals surface area contributed by atoms with Crippen LogP contribution in [0.1, 0.15) is 53.1 Å². The minimum Gasteiger partial charge on any atom is -0.347 e. The molecule has 3 aliphatic carbocycles. The lowest BCUT2D eigenvalue weighted by atomic mass is 9.52. The van der Waals surface area contributed by atoms with Gasteiger partial charge < -0.3 is 20.1 Å². The molecule has 1 spiro atoms. The standard InChI is InChI=1S/C32H29N5O4S/c1-31(16-26-24-8-3-2-7-23(24)25(31)17-32(26)40-13-14-41-32)29(39)36-30-35-27(18-42-30)19-5-4-6-20(15-19)28(38)34-21-9-11-22(37-33)12-10-21/h2-12,15,18,25-26,33H,13-14,16-17H2,1H3,(H,34,38)(H,35,36,39). The molecule has 1 saturated carbocycles. The number of rotatable bonds is 6. The predicted molar refractivity (Wildman–Crippen MR) is 159 cm³/mol. The molecule has 3 N–H and O–H groups in total. The molecule has 10 heteroatoms. The number of benzene rings is 3. The summed E-state index contributed by atoms with van der Waals surface area (Å²) < 4.78 is 12.4. The summed E-state index contributed by atoms with van der Waals surface area (Å²) in [7, 11) is 0. The third kappa shape index (κ3) is 4.43. The van der Waals surface area contributed by atoms with E-state index < -0.39 is 11.2 Å². The van der Waals surface area contributed by atoms with E-state index in [4.69, 9.17) is 20.0 Å². The highest BCUT2D eigenvalue weighted by atomic mass is 32.1. The number of amides is 2. The number of carbonyl (C=O) groups is 2. The number of ether oxygens (including phenoxy) is 2. The molecule has 8 rings (SSSR count). The van der Waals surface area contributed by atoms with Gasteiger partial charge in [0, 0.05) is 40.5 Å². The van der Waals surface area contributed by atoms with Gasteiger partial charge in [0.05, 0.1) is 30.0 Å². The van der Waals surface area contributed by atoms with Gasteiger partial charge in [-0.25, -0.2) is 10.5 Å². The van der Waals surface area contributed by atoms with Crippen LogP contribution in [0.4, 0.5) is 16.5 Å². The van der Waals surface area contributed by atoms with Gasteiger partial charge in [0.15, 0.2) is 10.9 Å². The van der Waals surface area contributed by atoms with Crippen molar-refractivity contribution in [3.63, 3.8) is 0 Å². The highest BCUT2D eigenvalue weighted by molar-refractivity contribution is 7.14. The lowest BCUT2D eigenvalue weighted by Crippen LogP contribution is -2.56. The van der Waals surface area contributed by atoms with Crippen LogP contribution in [0, 0.1) is 10.9 Å². The zero-order chi connectivity index (χ0) is 28.9. The van der Waals surface area contributed by atoms with Crippen molar-refractivity contribution >= 4 is 39.7 Å².